The molecule has 0 amide bonds. The van der Waals surface area contributed by atoms with Crippen LogP contribution in [0.15, 0.2) is 30.2 Å². The highest BCUT2D eigenvalue weighted by Crippen LogP contribution is 2.20. The van der Waals surface area contributed by atoms with E-state index in [1.54, 1.807) is 23.2 Å². The zero-order chi connectivity index (χ0) is 14.8. The molecule has 0 atom stereocenters. The molecule has 0 aliphatic carbocycles. The van der Waals surface area contributed by atoms with Crippen molar-refractivity contribution in [1.29, 1.82) is 0 Å². The molecule has 2 heterocycles. The van der Waals surface area contributed by atoms with Crippen LogP contribution >= 0.6 is 11.6 Å². The Kier molecular flexibility index (Phi) is 4.17. The molecule has 1 aliphatic heterocycles. The van der Waals surface area contributed by atoms with E-state index in [1.165, 1.54) is 0 Å². The first-order valence-electron chi connectivity index (χ1n) is 5.78. The number of aromatic nitrogens is 1. The van der Waals surface area contributed by atoms with Gasteiger partial charge in [0.15, 0.2) is 0 Å². The second-order valence-corrected chi connectivity index (χ2v) is 4.62. The normalized spacial score (nSPS) is 17.4. The van der Waals surface area contributed by atoms with Crippen LogP contribution < -0.4 is 5.32 Å². The molecule has 1 N–H and O–H groups in total. The van der Waals surface area contributed by atoms with Crippen molar-refractivity contribution in [3.8, 4) is 0 Å². The Balaban J connectivity index is 2.09. The zero-order valence-corrected chi connectivity index (χ0v) is 11.0. The van der Waals surface area contributed by atoms with Crippen LogP contribution in [0, 0.1) is 0 Å². The standard InChI is InChI=1S/C12H11ClF3N3O/c13-10-2-1-8(6-18-10)7-19-4-3-17-11(19)5-9(20)12(14,15)16/h1-2,5-6,17H,3-4,7H2. The van der Waals surface area contributed by atoms with Crippen molar-refractivity contribution >= 4 is 17.4 Å². The van der Waals surface area contributed by atoms with E-state index >= 15 is 0 Å². The van der Waals surface area contributed by atoms with Crippen LogP contribution in [0.25, 0.3) is 0 Å². The zero-order valence-electron chi connectivity index (χ0n) is 10.2. The Morgan fingerprint density at radius 3 is 2.85 bits per heavy atom. The van der Waals surface area contributed by atoms with Crippen molar-refractivity contribution in [3.63, 3.8) is 0 Å². The number of alkyl halides is 3. The molecule has 0 bridgehead atoms. The molecule has 0 saturated carbocycles. The third-order valence-corrected chi connectivity index (χ3v) is 2.96. The van der Waals surface area contributed by atoms with Gasteiger partial charge in [0.05, 0.1) is 0 Å². The molecule has 0 spiro atoms. The number of halogens is 4. The van der Waals surface area contributed by atoms with Gasteiger partial charge < -0.3 is 10.2 Å². The summed E-state index contributed by atoms with van der Waals surface area (Å²) in [6.45, 7) is 1.35. The van der Waals surface area contributed by atoms with Gasteiger partial charge in [-0.1, -0.05) is 17.7 Å². The van der Waals surface area contributed by atoms with E-state index in [9.17, 15) is 18.0 Å². The van der Waals surface area contributed by atoms with Gasteiger partial charge in [-0.05, 0) is 11.6 Å². The summed E-state index contributed by atoms with van der Waals surface area (Å²) in [6, 6.07) is 3.33. The van der Waals surface area contributed by atoms with E-state index in [4.69, 9.17) is 11.6 Å². The van der Waals surface area contributed by atoms with Crippen LogP contribution in [0.3, 0.4) is 0 Å². The minimum atomic E-state index is -4.86. The predicted octanol–water partition coefficient (Wildman–Crippen LogP) is 2.11. The largest absolute Gasteiger partial charge is 0.454 e. The summed E-state index contributed by atoms with van der Waals surface area (Å²) < 4.78 is 36.7. The number of nitrogens with zero attached hydrogens (tertiary/aromatic N) is 2. The Labute approximate surface area is 118 Å². The first kappa shape index (κ1) is 14.6. The smallest absolute Gasteiger partial charge is 0.370 e. The summed E-state index contributed by atoms with van der Waals surface area (Å²) in [7, 11) is 0. The van der Waals surface area contributed by atoms with E-state index in [0.717, 1.165) is 5.56 Å². The van der Waals surface area contributed by atoms with E-state index in [2.05, 4.69) is 10.3 Å². The van der Waals surface area contributed by atoms with Crippen LogP contribution in [0.2, 0.25) is 5.15 Å². The van der Waals surface area contributed by atoms with E-state index in [1.807, 2.05) is 0 Å². The minimum Gasteiger partial charge on any atom is -0.370 e. The second-order valence-electron chi connectivity index (χ2n) is 4.23. The van der Waals surface area contributed by atoms with Gasteiger partial charge in [0.25, 0.3) is 5.78 Å². The number of carbonyl (C=O) groups excluding carboxylic acids is 1. The average Bonchev–Trinajstić information content (AvgIpc) is 2.78. The fourth-order valence-electron chi connectivity index (χ4n) is 1.78. The lowest BCUT2D eigenvalue weighted by molar-refractivity contribution is -0.165. The number of nitrogens with one attached hydrogen (secondary N) is 1. The van der Waals surface area contributed by atoms with Crippen molar-refractivity contribution in [2.75, 3.05) is 13.1 Å². The number of rotatable bonds is 3. The summed E-state index contributed by atoms with van der Waals surface area (Å²) in [5, 5.41) is 3.10. The maximum atomic E-state index is 12.2. The molecule has 1 saturated heterocycles. The Hall–Kier alpha value is -1.76. The molecule has 1 aromatic rings. The van der Waals surface area contributed by atoms with Crippen LogP contribution in [0.5, 0.6) is 0 Å². The fourth-order valence-corrected chi connectivity index (χ4v) is 1.90. The van der Waals surface area contributed by atoms with Gasteiger partial charge in [0.2, 0.25) is 0 Å². The van der Waals surface area contributed by atoms with Gasteiger partial charge in [-0.15, -0.1) is 0 Å². The highest BCUT2D eigenvalue weighted by Gasteiger charge is 2.37. The van der Waals surface area contributed by atoms with E-state index < -0.39 is 12.0 Å². The van der Waals surface area contributed by atoms with Gasteiger partial charge >= 0.3 is 6.18 Å². The highest BCUT2D eigenvalue weighted by atomic mass is 35.5. The van der Waals surface area contributed by atoms with Crippen LogP contribution in [-0.2, 0) is 11.3 Å². The number of pyridine rings is 1. The summed E-state index contributed by atoms with van der Waals surface area (Å²) in [4.78, 5) is 16.5. The minimum absolute atomic E-state index is 0.169. The first-order chi connectivity index (χ1) is 9.36. The third kappa shape index (κ3) is 3.63. The highest BCUT2D eigenvalue weighted by molar-refractivity contribution is 6.29. The monoisotopic (exact) mass is 305 g/mol. The number of hydrogen-bond donors (Lipinski definition) is 1. The molecule has 1 aliphatic rings. The van der Waals surface area contributed by atoms with Crippen molar-refractivity contribution < 1.29 is 18.0 Å². The molecular formula is C12H11ClF3N3O. The predicted molar refractivity (Wildman–Crippen MR) is 66.8 cm³/mol. The van der Waals surface area contributed by atoms with Gasteiger partial charge in [-0.3, -0.25) is 4.79 Å². The molecule has 8 heteroatoms. The lowest BCUT2D eigenvalue weighted by Gasteiger charge is -2.18. The number of carbonyl (C=O) groups is 1. The average molecular weight is 306 g/mol. The Morgan fingerprint density at radius 2 is 2.25 bits per heavy atom. The molecule has 20 heavy (non-hydrogen) atoms. The molecule has 1 aromatic heterocycles. The third-order valence-electron chi connectivity index (χ3n) is 2.74. The SMILES string of the molecule is O=C(C=C1NCCN1Cc1ccc(Cl)nc1)C(F)(F)F. The van der Waals surface area contributed by atoms with Gasteiger partial charge in [0.1, 0.15) is 11.0 Å². The first-order valence-corrected chi connectivity index (χ1v) is 6.16. The van der Waals surface area contributed by atoms with Gasteiger partial charge in [0, 0.05) is 31.9 Å². The van der Waals surface area contributed by atoms with E-state index in [-0.39, 0.29) is 5.82 Å². The molecular weight excluding hydrogens is 295 g/mol. The molecule has 0 radical (unpaired) electrons. The van der Waals surface area contributed by atoms with Crippen molar-refractivity contribution in [1.82, 2.24) is 15.2 Å². The second kappa shape index (κ2) is 5.70. The molecule has 2 rings (SSSR count). The molecule has 0 aromatic carbocycles. The van der Waals surface area contributed by atoms with Crippen LogP contribution in [0.4, 0.5) is 13.2 Å². The molecule has 4 nitrogen and oxygen atoms in total. The Morgan fingerprint density at radius 1 is 1.50 bits per heavy atom. The quantitative estimate of drug-likeness (QED) is 0.686. The van der Waals surface area contributed by atoms with Gasteiger partial charge in [-0.25, -0.2) is 4.98 Å². The lowest BCUT2D eigenvalue weighted by atomic mass is 10.2. The van der Waals surface area contributed by atoms with Crippen molar-refractivity contribution in [2.24, 2.45) is 0 Å². The summed E-state index contributed by atoms with van der Waals surface area (Å²) in [5.41, 5.74) is 0.795. The summed E-state index contributed by atoms with van der Waals surface area (Å²) in [5.74, 6) is -1.71. The van der Waals surface area contributed by atoms with Crippen LogP contribution in [0.1, 0.15) is 5.56 Å². The maximum absolute atomic E-state index is 12.2. The fraction of sp³-hybridized carbons (Fsp3) is 0.333. The maximum Gasteiger partial charge on any atom is 0.454 e. The topological polar surface area (TPSA) is 45.2 Å². The molecule has 0 unspecified atom stereocenters. The molecule has 1 fully saturated rings. The number of allylic oxidation sites excluding steroid dienone is 1. The summed E-state index contributed by atoms with van der Waals surface area (Å²) in [6.07, 6.45) is -2.73. The van der Waals surface area contributed by atoms with Crippen LogP contribution in [-0.4, -0.2) is 34.9 Å². The van der Waals surface area contributed by atoms with E-state index in [0.29, 0.717) is 30.9 Å². The Bertz CT molecular complexity index is 528. The van der Waals surface area contributed by atoms with Crippen molar-refractivity contribution in [3.05, 3.63) is 40.9 Å². The van der Waals surface area contributed by atoms with Crippen molar-refractivity contribution in [2.45, 2.75) is 12.7 Å². The number of ketones is 1. The number of hydrogen-bond acceptors (Lipinski definition) is 4. The van der Waals surface area contributed by atoms with Gasteiger partial charge in [-0.2, -0.15) is 13.2 Å². The summed E-state index contributed by atoms with van der Waals surface area (Å²) >= 11 is 5.66. The molecule has 108 valence electrons. The lowest BCUT2D eigenvalue weighted by Crippen LogP contribution is -2.25.